The lowest BCUT2D eigenvalue weighted by atomic mass is 9.98. The second-order valence-electron chi connectivity index (χ2n) is 5.63. The largest absolute Gasteiger partial charge is 0.467 e. The quantitative estimate of drug-likeness (QED) is 0.729. The first-order chi connectivity index (χ1) is 12.2. The number of aromatic nitrogens is 1. The van der Waals surface area contributed by atoms with E-state index in [-0.39, 0.29) is 5.91 Å². The van der Waals surface area contributed by atoms with E-state index in [4.69, 9.17) is 4.74 Å². The van der Waals surface area contributed by atoms with Gasteiger partial charge in [0.25, 0.3) is 5.91 Å². The van der Waals surface area contributed by atoms with Crippen LogP contribution in [0, 0.1) is 0 Å². The molecule has 25 heavy (non-hydrogen) atoms. The number of ether oxygens (including phenoxy) is 1. The van der Waals surface area contributed by atoms with Gasteiger partial charge < -0.3 is 10.1 Å². The first kappa shape index (κ1) is 16.6. The number of esters is 1. The molecular weight excluding hydrogens is 316 g/mol. The van der Waals surface area contributed by atoms with Crippen molar-refractivity contribution in [3.05, 3.63) is 78.1 Å². The van der Waals surface area contributed by atoms with Crippen molar-refractivity contribution >= 4 is 22.6 Å². The molecule has 5 heteroatoms. The van der Waals surface area contributed by atoms with Crippen LogP contribution in [-0.2, 0) is 16.0 Å². The molecule has 0 saturated heterocycles. The fourth-order valence-corrected chi connectivity index (χ4v) is 2.77. The molecule has 3 aromatic rings. The normalized spacial score (nSPS) is 11.7. The van der Waals surface area contributed by atoms with Gasteiger partial charge in [0.1, 0.15) is 6.04 Å². The van der Waals surface area contributed by atoms with Gasteiger partial charge in [-0.3, -0.25) is 9.78 Å². The maximum absolute atomic E-state index is 12.4. The van der Waals surface area contributed by atoms with E-state index in [1.165, 1.54) is 19.5 Å². The molecule has 0 aliphatic carbocycles. The number of carbonyl (C=O) groups excluding carboxylic acids is 2. The van der Waals surface area contributed by atoms with Crippen molar-refractivity contribution in [2.45, 2.75) is 12.5 Å². The van der Waals surface area contributed by atoms with Gasteiger partial charge in [0.05, 0.1) is 7.11 Å². The SMILES string of the molecule is COC(=O)[C@H](Cc1cccc2ccccc12)NC(=O)c1ccncc1. The Hall–Kier alpha value is -3.21. The Morgan fingerprint density at radius 1 is 1.04 bits per heavy atom. The molecule has 0 aliphatic rings. The molecule has 126 valence electrons. The summed E-state index contributed by atoms with van der Waals surface area (Å²) in [6, 6.07) is 16.3. The minimum absolute atomic E-state index is 0.335. The summed E-state index contributed by atoms with van der Waals surface area (Å²) in [7, 11) is 1.32. The lowest BCUT2D eigenvalue weighted by Gasteiger charge is -2.17. The third-order valence-electron chi connectivity index (χ3n) is 4.04. The van der Waals surface area contributed by atoms with E-state index in [1.807, 2.05) is 42.5 Å². The van der Waals surface area contributed by atoms with Gasteiger partial charge in [-0.05, 0) is 28.5 Å². The molecule has 1 N–H and O–H groups in total. The van der Waals surface area contributed by atoms with Crippen LogP contribution in [0.15, 0.2) is 67.0 Å². The smallest absolute Gasteiger partial charge is 0.328 e. The van der Waals surface area contributed by atoms with Crippen LogP contribution >= 0.6 is 0 Å². The second kappa shape index (κ2) is 7.57. The van der Waals surface area contributed by atoms with Crippen molar-refractivity contribution in [1.82, 2.24) is 10.3 Å². The number of rotatable bonds is 5. The highest BCUT2D eigenvalue weighted by atomic mass is 16.5. The Kier molecular flexibility index (Phi) is 5.04. The topological polar surface area (TPSA) is 68.3 Å². The second-order valence-corrected chi connectivity index (χ2v) is 5.63. The van der Waals surface area contributed by atoms with Crippen LogP contribution in [0.25, 0.3) is 10.8 Å². The minimum atomic E-state index is -0.767. The summed E-state index contributed by atoms with van der Waals surface area (Å²) in [5, 5.41) is 4.90. The van der Waals surface area contributed by atoms with Crippen LogP contribution in [0.1, 0.15) is 15.9 Å². The molecule has 0 spiro atoms. The van der Waals surface area contributed by atoms with Gasteiger partial charge >= 0.3 is 5.97 Å². The molecule has 0 aliphatic heterocycles. The predicted molar refractivity (Wildman–Crippen MR) is 95.2 cm³/mol. The third-order valence-corrected chi connectivity index (χ3v) is 4.04. The Morgan fingerprint density at radius 3 is 2.52 bits per heavy atom. The van der Waals surface area contributed by atoms with Gasteiger partial charge in [-0.15, -0.1) is 0 Å². The van der Waals surface area contributed by atoms with E-state index in [9.17, 15) is 9.59 Å². The number of hydrogen-bond donors (Lipinski definition) is 1. The molecule has 1 atom stereocenters. The summed E-state index contributed by atoms with van der Waals surface area (Å²) in [4.78, 5) is 28.4. The van der Waals surface area contributed by atoms with Crippen LogP contribution < -0.4 is 5.32 Å². The maximum Gasteiger partial charge on any atom is 0.328 e. The monoisotopic (exact) mass is 334 g/mol. The highest BCUT2D eigenvalue weighted by Crippen LogP contribution is 2.20. The molecule has 5 nitrogen and oxygen atoms in total. The van der Waals surface area contributed by atoms with Crippen LogP contribution in [0.4, 0.5) is 0 Å². The first-order valence-electron chi connectivity index (χ1n) is 7.94. The zero-order chi connectivity index (χ0) is 17.6. The summed E-state index contributed by atoms with van der Waals surface area (Å²) >= 11 is 0. The Bertz CT molecular complexity index is 888. The van der Waals surface area contributed by atoms with E-state index in [1.54, 1.807) is 12.1 Å². The summed E-state index contributed by atoms with van der Waals surface area (Å²) in [5.41, 5.74) is 1.42. The standard InChI is InChI=1S/C20H18N2O3/c1-25-20(24)18(22-19(23)15-9-11-21-12-10-15)13-16-7-4-6-14-5-2-3-8-17(14)16/h2-12,18H,13H2,1H3,(H,22,23)/t18-/m0/s1. The zero-order valence-electron chi connectivity index (χ0n) is 13.8. The highest BCUT2D eigenvalue weighted by Gasteiger charge is 2.23. The molecule has 0 fully saturated rings. The van der Waals surface area contributed by atoms with Gasteiger partial charge in [0.15, 0.2) is 0 Å². The minimum Gasteiger partial charge on any atom is -0.467 e. The zero-order valence-corrected chi connectivity index (χ0v) is 13.8. The number of amides is 1. The van der Waals surface area contributed by atoms with Crippen LogP contribution in [-0.4, -0.2) is 30.0 Å². The van der Waals surface area contributed by atoms with E-state index >= 15 is 0 Å². The number of nitrogens with one attached hydrogen (secondary N) is 1. The molecule has 0 unspecified atom stereocenters. The van der Waals surface area contributed by atoms with E-state index < -0.39 is 12.0 Å². The number of nitrogens with zero attached hydrogens (tertiary/aromatic N) is 1. The number of pyridine rings is 1. The molecule has 1 heterocycles. The molecule has 0 bridgehead atoms. The van der Waals surface area contributed by atoms with Gasteiger partial charge in [-0.1, -0.05) is 42.5 Å². The number of methoxy groups -OCH3 is 1. The fourth-order valence-electron chi connectivity index (χ4n) is 2.77. The number of carbonyl (C=O) groups is 2. The molecule has 1 aromatic heterocycles. The van der Waals surface area contributed by atoms with Crippen LogP contribution in [0.2, 0.25) is 0 Å². The molecular formula is C20H18N2O3. The molecule has 3 rings (SSSR count). The van der Waals surface area contributed by atoms with E-state index in [0.29, 0.717) is 12.0 Å². The van der Waals surface area contributed by atoms with Gasteiger partial charge in [-0.25, -0.2) is 4.79 Å². The molecule has 0 saturated carbocycles. The van der Waals surface area contributed by atoms with Crippen molar-refractivity contribution < 1.29 is 14.3 Å². The average Bonchev–Trinajstić information content (AvgIpc) is 2.67. The number of hydrogen-bond acceptors (Lipinski definition) is 4. The lowest BCUT2D eigenvalue weighted by Crippen LogP contribution is -2.43. The molecule has 1 amide bonds. The summed E-state index contributed by atoms with van der Waals surface area (Å²) in [5.74, 6) is -0.812. The van der Waals surface area contributed by atoms with Crippen molar-refractivity contribution in [2.24, 2.45) is 0 Å². The summed E-state index contributed by atoms with van der Waals surface area (Å²) in [6.07, 6.45) is 3.42. The maximum atomic E-state index is 12.4. The third kappa shape index (κ3) is 3.83. The van der Waals surface area contributed by atoms with Crippen molar-refractivity contribution in [3.8, 4) is 0 Å². The van der Waals surface area contributed by atoms with E-state index in [2.05, 4.69) is 10.3 Å². The molecule has 2 aromatic carbocycles. The average molecular weight is 334 g/mol. The number of fused-ring (bicyclic) bond motifs is 1. The fraction of sp³-hybridized carbons (Fsp3) is 0.150. The van der Waals surface area contributed by atoms with Gasteiger partial charge in [0.2, 0.25) is 0 Å². The van der Waals surface area contributed by atoms with Crippen LogP contribution in [0.3, 0.4) is 0 Å². The molecule has 0 radical (unpaired) electrons. The first-order valence-corrected chi connectivity index (χ1v) is 7.94. The van der Waals surface area contributed by atoms with E-state index in [0.717, 1.165) is 16.3 Å². The number of benzene rings is 2. The Morgan fingerprint density at radius 2 is 1.76 bits per heavy atom. The Balaban J connectivity index is 1.86. The lowest BCUT2D eigenvalue weighted by molar-refractivity contribution is -0.142. The summed E-state index contributed by atoms with van der Waals surface area (Å²) in [6.45, 7) is 0. The van der Waals surface area contributed by atoms with Crippen molar-refractivity contribution in [3.63, 3.8) is 0 Å². The highest BCUT2D eigenvalue weighted by molar-refractivity contribution is 5.97. The van der Waals surface area contributed by atoms with Crippen molar-refractivity contribution in [2.75, 3.05) is 7.11 Å². The predicted octanol–water partition coefficient (Wildman–Crippen LogP) is 2.75. The summed E-state index contributed by atoms with van der Waals surface area (Å²) < 4.78 is 4.87. The van der Waals surface area contributed by atoms with Crippen LogP contribution in [0.5, 0.6) is 0 Å². The van der Waals surface area contributed by atoms with Gasteiger partial charge in [0, 0.05) is 24.4 Å². The Labute approximate surface area is 145 Å². The van der Waals surface area contributed by atoms with Gasteiger partial charge in [-0.2, -0.15) is 0 Å². The van der Waals surface area contributed by atoms with Crippen molar-refractivity contribution in [1.29, 1.82) is 0 Å².